The number of thiophene rings is 1. The van der Waals surface area contributed by atoms with Crippen LogP contribution in [-0.2, 0) is 13.1 Å². The fourth-order valence-corrected chi connectivity index (χ4v) is 3.41. The van der Waals surface area contributed by atoms with Crippen molar-refractivity contribution < 1.29 is 4.39 Å². The quantitative estimate of drug-likeness (QED) is 0.318. The Balaban J connectivity index is 0.00000364. The maximum Gasteiger partial charge on any atom is 0.191 e. The van der Waals surface area contributed by atoms with Gasteiger partial charge in [-0.05, 0) is 50.2 Å². The summed E-state index contributed by atoms with van der Waals surface area (Å²) < 4.78 is 13.9. The Morgan fingerprint density at radius 3 is 2.67 bits per heavy atom. The summed E-state index contributed by atoms with van der Waals surface area (Å²) in [7, 11) is 3.87. The predicted molar refractivity (Wildman–Crippen MR) is 125 cm³/mol. The van der Waals surface area contributed by atoms with Crippen molar-refractivity contribution in [3.8, 4) is 0 Å². The first-order valence-corrected chi connectivity index (χ1v) is 9.85. The van der Waals surface area contributed by atoms with Gasteiger partial charge in [-0.3, -0.25) is 0 Å². The standard InChI is InChI=1S/C20H29FN4S.HI/c1-5-22-20(23-12-15(2)19-7-6-10-26-19)24-13-16-8-9-18(21)17(11-16)14-25(3)4;/h6-11,15H,5,12-14H2,1-4H3,(H2,22,23,24);1H. The van der Waals surface area contributed by atoms with Crippen molar-refractivity contribution in [3.05, 3.63) is 57.5 Å². The van der Waals surface area contributed by atoms with Crippen LogP contribution in [0.4, 0.5) is 4.39 Å². The average Bonchev–Trinajstić information content (AvgIpc) is 3.14. The van der Waals surface area contributed by atoms with E-state index in [1.807, 2.05) is 32.0 Å². The second kappa shape index (κ2) is 12.3. The molecule has 0 saturated heterocycles. The van der Waals surface area contributed by atoms with Crippen molar-refractivity contribution in [2.75, 3.05) is 27.2 Å². The van der Waals surface area contributed by atoms with Crippen LogP contribution in [0.1, 0.15) is 35.8 Å². The summed E-state index contributed by atoms with van der Waals surface area (Å²) >= 11 is 1.77. The van der Waals surface area contributed by atoms with E-state index >= 15 is 0 Å². The molecule has 1 aromatic carbocycles. The molecule has 0 spiro atoms. The van der Waals surface area contributed by atoms with Gasteiger partial charge in [-0.1, -0.05) is 19.1 Å². The van der Waals surface area contributed by atoms with Gasteiger partial charge < -0.3 is 15.5 Å². The summed E-state index contributed by atoms with van der Waals surface area (Å²) in [4.78, 5) is 7.97. The van der Waals surface area contributed by atoms with Gasteiger partial charge in [0.2, 0.25) is 0 Å². The third-order valence-electron chi connectivity index (χ3n) is 3.97. The molecule has 1 aromatic heterocycles. The molecular weight excluding hydrogens is 474 g/mol. The molecule has 0 radical (unpaired) electrons. The molecule has 0 aliphatic heterocycles. The van der Waals surface area contributed by atoms with Crippen molar-refractivity contribution in [1.82, 2.24) is 15.5 Å². The lowest BCUT2D eigenvalue weighted by Crippen LogP contribution is -2.39. The van der Waals surface area contributed by atoms with Gasteiger partial charge in [-0.25, -0.2) is 9.38 Å². The molecule has 27 heavy (non-hydrogen) atoms. The average molecular weight is 504 g/mol. The van der Waals surface area contributed by atoms with Gasteiger partial charge in [0.25, 0.3) is 0 Å². The Morgan fingerprint density at radius 2 is 2.04 bits per heavy atom. The highest BCUT2D eigenvalue weighted by Crippen LogP contribution is 2.19. The molecule has 1 unspecified atom stereocenters. The molecule has 0 aliphatic rings. The molecule has 2 N–H and O–H groups in total. The Labute approximate surface area is 183 Å². The molecule has 0 fully saturated rings. The molecule has 2 rings (SSSR count). The van der Waals surface area contributed by atoms with E-state index < -0.39 is 0 Å². The molecule has 4 nitrogen and oxygen atoms in total. The lowest BCUT2D eigenvalue weighted by atomic mass is 10.1. The lowest BCUT2D eigenvalue weighted by Gasteiger charge is -2.15. The van der Waals surface area contributed by atoms with Crippen LogP contribution in [-0.4, -0.2) is 38.0 Å². The maximum absolute atomic E-state index is 13.9. The third kappa shape index (κ3) is 8.15. The molecule has 2 aromatic rings. The van der Waals surface area contributed by atoms with Crippen molar-refractivity contribution in [3.63, 3.8) is 0 Å². The van der Waals surface area contributed by atoms with Crippen LogP contribution in [0, 0.1) is 5.82 Å². The second-order valence-corrected chi connectivity index (χ2v) is 7.64. The summed E-state index contributed by atoms with van der Waals surface area (Å²) in [5, 5.41) is 8.77. The molecule has 0 amide bonds. The minimum absolute atomic E-state index is 0. The number of hydrogen-bond donors (Lipinski definition) is 2. The number of hydrogen-bond acceptors (Lipinski definition) is 3. The number of nitrogens with one attached hydrogen (secondary N) is 2. The lowest BCUT2D eigenvalue weighted by molar-refractivity contribution is 0.392. The number of benzene rings is 1. The highest BCUT2D eigenvalue weighted by Gasteiger charge is 2.08. The largest absolute Gasteiger partial charge is 0.357 e. The van der Waals surface area contributed by atoms with Crippen molar-refractivity contribution in [2.24, 2.45) is 4.99 Å². The van der Waals surface area contributed by atoms with Crippen LogP contribution in [0.25, 0.3) is 0 Å². The molecule has 0 aliphatic carbocycles. The first-order valence-electron chi connectivity index (χ1n) is 8.97. The van der Waals surface area contributed by atoms with Gasteiger partial charge in [0.1, 0.15) is 5.82 Å². The number of rotatable bonds is 8. The normalized spacial score (nSPS) is 12.6. The Kier molecular flexibility index (Phi) is 10.9. The van der Waals surface area contributed by atoms with Crippen LogP contribution in [0.15, 0.2) is 40.7 Å². The van der Waals surface area contributed by atoms with E-state index in [1.54, 1.807) is 17.4 Å². The van der Waals surface area contributed by atoms with E-state index in [-0.39, 0.29) is 29.8 Å². The Hall–Kier alpha value is -1.19. The zero-order valence-corrected chi connectivity index (χ0v) is 19.6. The number of nitrogens with zero attached hydrogens (tertiary/aromatic N) is 2. The second-order valence-electron chi connectivity index (χ2n) is 6.66. The predicted octanol–water partition coefficient (Wildman–Crippen LogP) is 4.43. The summed E-state index contributed by atoms with van der Waals surface area (Å²) in [5.41, 5.74) is 1.71. The molecule has 150 valence electrons. The van der Waals surface area contributed by atoms with E-state index in [1.165, 1.54) is 10.9 Å². The highest BCUT2D eigenvalue weighted by molar-refractivity contribution is 14.0. The van der Waals surface area contributed by atoms with Crippen LogP contribution in [0.5, 0.6) is 0 Å². The molecular formula is C20H30FIN4S. The van der Waals surface area contributed by atoms with Crippen LogP contribution < -0.4 is 10.6 Å². The fraction of sp³-hybridized carbons (Fsp3) is 0.450. The van der Waals surface area contributed by atoms with Crippen LogP contribution in [0.2, 0.25) is 0 Å². The maximum atomic E-state index is 13.9. The zero-order chi connectivity index (χ0) is 18.9. The minimum Gasteiger partial charge on any atom is -0.357 e. The van der Waals surface area contributed by atoms with E-state index in [0.717, 1.165) is 24.6 Å². The Bertz CT molecular complexity index is 704. The SMILES string of the molecule is CCNC(=NCc1ccc(F)c(CN(C)C)c1)NCC(C)c1cccs1.I. The molecule has 0 saturated carbocycles. The van der Waals surface area contributed by atoms with Gasteiger partial charge >= 0.3 is 0 Å². The third-order valence-corrected chi connectivity index (χ3v) is 5.07. The highest BCUT2D eigenvalue weighted by atomic mass is 127. The Morgan fingerprint density at radius 1 is 1.26 bits per heavy atom. The van der Waals surface area contributed by atoms with E-state index in [9.17, 15) is 4.39 Å². The first-order chi connectivity index (χ1) is 12.5. The van der Waals surface area contributed by atoms with Gasteiger partial charge in [0, 0.05) is 36.0 Å². The van der Waals surface area contributed by atoms with Crippen molar-refractivity contribution in [2.45, 2.75) is 32.9 Å². The minimum atomic E-state index is -0.166. The topological polar surface area (TPSA) is 39.7 Å². The number of guanidine groups is 1. The van der Waals surface area contributed by atoms with E-state index in [2.05, 4.69) is 40.1 Å². The molecule has 1 atom stereocenters. The van der Waals surface area contributed by atoms with Gasteiger partial charge in [-0.15, -0.1) is 35.3 Å². The van der Waals surface area contributed by atoms with Crippen LogP contribution >= 0.6 is 35.3 Å². The molecule has 0 bridgehead atoms. The van der Waals surface area contributed by atoms with Crippen LogP contribution in [0.3, 0.4) is 0 Å². The van der Waals surface area contributed by atoms with Gasteiger partial charge in [-0.2, -0.15) is 0 Å². The van der Waals surface area contributed by atoms with E-state index in [0.29, 0.717) is 24.6 Å². The molecule has 1 heterocycles. The smallest absolute Gasteiger partial charge is 0.191 e. The fourth-order valence-electron chi connectivity index (χ4n) is 2.62. The summed E-state index contributed by atoms with van der Waals surface area (Å²) in [6.07, 6.45) is 0. The first kappa shape index (κ1) is 23.8. The zero-order valence-electron chi connectivity index (χ0n) is 16.5. The van der Waals surface area contributed by atoms with Gasteiger partial charge in [0.05, 0.1) is 6.54 Å². The number of halogens is 2. The molecule has 7 heteroatoms. The summed E-state index contributed by atoms with van der Waals surface area (Å²) in [6.45, 7) is 6.97. The monoisotopic (exact) mass is 504 g/mol. The van der Waals surface area contributed by atoms with Crippen molar-refractivity contribution >= 4 is 41.3 Å². The number of aliphatic imine (C=N–C) groups is 1. The van der Waals surface area contributed by atoms with E-state index in [4.69, 9.17) is 0 Å². The summed E-state index contributed by atoms with van der Waals surface area (Å²) in [5.74, 6) is 1.05. The summed E-state index contributed by atoms with van der Waals surface area (Å²) in [6, 6.07) is 9.47. The van der Waals surface area contributed by atoms with Crippen molar-refractivity contribution in [1.29, 1.82) is 0 Å². The van der Waals surface area contributed by atoms with Gasteiger partial charge in [0.15, 0.2) is 5.96 Å².